The van der Waals surface area contributed by atoms with Crippen molar-refractivity contribution in [2.45, 2.75) is 171 Å². The maximum absolute atomic E-state index is 13.7. The first-order valence-corrected chi connectivity index (χ1v) is 21.8. The highest BCUT2D eigenvalue weighted by atomic mass is 16.5. The molecular weight excluding hydrogens is 705 g/mol. The third-order valence-corrected chi connectivity index (χ3v) is 11.5. The average molecular weight is 783 g/mol. The molecule has 0 heterocycles. The van der Waals surface area contributed by atoms with Gasteiger partial charge in [-0.1, -0.05) is 198 Å². The third kappa shape index (κ3) is 19.6. The predicted molar refractivity (Wildman–Crippen MR) is 242 cm³/mol. The summed E-state index contributed by atoms with van der Waals surface area (Å²) in [6.45, 7) is 21.1. The van der Waals surface area contributed by atoms with Gasteiger partial charge in [0.1, 0.15) is 6.61 Å². The van der Waals surface area contributed by atoms with Crippen LogP contribution in [0.2, 0.25) is 0 Å². The van der Waals surface area contributed by atoms with E-state index in [1.54, 1.807) is 6.08 Å². The van der Waals surface area contributed by atoms with Crippen molar-refractivity contribution < 1.29 is 24.5 Å². The Kier molecular flexibility index (Phi) is 22.4. The molecule has 0 aromatic rings. The number of aliphatic hydroxyl groups is 2. The lowest BCUT2D eigenvalue weighted by Gasteiger charge is -2.38. The molecule has 0 spiro atoms. The van der Waals surface area contributed by atoms with Crippen molar-refractivity contribution in [3.8, 4) is 0 Å². The van der Waals surface area contributed by atoms with Gasteiger partial charge in [0.2, 0.25) is 0 Å². The summed E-state index contributed by atoms with van der Waals surface area (Å²) in [5.41, 5.74) is 6.91. The molecule has 0 radical (unpaired) electrons. The van der Waals surface area contributed by atoms with Gasteiger partial charge in [0.25, 0.3) is 0 Å². The van der Waals surface area contributed by atoms with Crippen molar-refractivity contribution in [2.24, 2.45) is 16.7 Å². The molecule has 3 atom stereocenters. The monoisotopic (exact) mass is 783 g/mol. The van der Waals surface area contributed by atoms with Crippen LogP contribution >= 0.6 is 0 Å². The molecule has 0 saturated heterocycles. The number of aliphatic hydroxyl groups excluding tert-OH is 2. The Morgan fingerprint density at radius 3 is 1.88 bits per heavy atom. The second-order valence-electron chi connectivity index (χ2n) is 18.1. The van der Waals surface area contributed by atoms with Gasteiger partial charge in [-0.3, -0.25) is 9.59 Å². The molecular formula is C52H78O5. The van der Waals surface area contributed by atoms with E-state index >= 15 is 0 Å². The first kappa shape index (κ1) is 49.6. The minimum Gasteiger partial charge on any atom is -0.461 e. The number of carbonyl (C=O) groups is 2. The molecule has 2 aliphatic carbocycles. The quantitative estimate of drug-likeness (QED) is 0.0354. The van der Waals surface area contributed by atoms with Crippen LogP contribution in [0.3, 0.4) is 0 Å². The molecule has 2 N–H and O–H groups in total. The lowest BCUT2D eigenvalue weighted by molar-refractivity contribution is -0.143. The van der Waals surface area contributed by atoms with E-state index < -0.39 is 6.10 Å². The number of rotatable bonds is 23. The van der Waals surface area contributed by atoms with Gasteiger partial charge >= 0.3 is 5.97 Å². The summed E-state index contributed by atoms with van der Waals surface area (Å²) in [5, 5.41) is 20.5. The van der Waals surface area contributed by atoms with E-state index in [1.807, 2.05) is 50.3 Å². The second kappa shape index (κ2) is 25.7. The molecule has 0 aromatic heterocycles. The minimum absolute atomic E-state index is 0.0239. The van der Waals surface area contributed by atoms with E-state index in [-0.39, 0.29) is 41.7 Å². The number of ether oxygens (including phenoxy) is 1. The molecule has 5 heteroatoms. The van der Waals surface area contributed by atoms with Gasteiger partial charge < -0.3 is 14.9 Å². The summed E-state index contributed by atoms with van der Waals surface area (Å²) >= 11 is 0. The van der Waals surface area contributed by atoms with Gasteiger partial charge in [0.05, 0.1) is 12.2 Å². The standard InChI is InChI=1S/C52H78O5/c1-11-12-13-14-15-16-17-18-19-30-50(56)57-38-44(49(55)35-48-43(6)34-46(54)37-52(48,9)10)29-23-28-40(3)25-21-20-24-39(2)26-22-27-41(4)31-32-47-42(5)33-45(53)36-51(47,7)8/h20-29,31-33,45-47,53-54H,11-19,30,34-38H2,1-10H3/b21-20+,26-22+,28-23+,32-31+,39-24+,40-25+,41-27+,44-29+. The van der Waals surface area contributed by atoms with Gasteiger partial charge in [-0.05, 0) is 71.1 Å². The highest BCUT2D eigenvalue weighted by Crippen LogP contribution is 2.43. The van der Waals surface area contributed by atoms with E-state index in [4.69, 9.17) is 4.74 Å². The van der Waals surface area contributed by atoms with Gasteiger partial charge in [-0.2, -0.15) is 0 Å². The average Bonchev–Trinajstić information content (AvgIpc) is 3.11. The highest BCUT2D eigenvalue weighted by molar-refractivity contribution is 5.98. The molecule has 0 bridgehead atoms. The van der Waals surface area contributed by atoms with Crippen LogP contribution in [0.5, 0.6) is 0 Å². The Morgan fingerprint density at radius 1 is 0.754 bits per heavy atom. The lowest BCUT2D eigenvalue weighted by atomic mass is 9.67. The zero-order valence-electron chi connectivity index (χ0n) is 37.5. The normalized spacial score (nSPS) is 22.4. The maximum atomic E-state index is 13.7. The van der Waals surface area contributed by atoms with Gasteiger partial charge in [0.15, 0.2) is 5.78 Å². The fourth-order valence-electron chi connectivity index (χ4n) is 8.19. The summed E-state index contributed by atoms with van der Waals surface area (Å²) in [6, 6.07) is 0. The molecule has 0 fully saturated rings. The van der Waals surface area contributed by atoms with E-state index in [2.05, 4.69) is 91.8 Å². The van der Waals surface area contributed by atoms with Crippen molar-refractivity contribution in [2.75, 3.05) is 6.61 Å². The number of hydrogen-bond acceptors (Lipinski definition) is 5. The number of Topliss-reactive ketones (excluding diaryl/α,β-unsaturated/α-hetero) is 1. The van der Waals surface area contributed by atoms with Crippen LogP contribution in [0.4, 0.5) is 0 Å². The van der Waals surface area contributed by atoms with Gasteiger partial charge in [-0.15, -0.1) is 0 Å². The Balaban J connectivity index is 2.02. The fraction of sp³-hybridized carbons (Fsp3) is 0.577. The molecule has 0 aliphatic heterocycles. The van der Waals surface area contributed by atoms with E-state index in [1.165, 1.54) is 49.7 Å². The predicted octanol–water partition coefficient (Wildman–Crippen LogP) is 13.3. The fourth-order valence-corrected chi connectivity index (χ4v) is 8.19. The zero-order valence-corrected chi connectivity index (χ0v) is 37.5. The zero-order chi connectivity index (χ0) is 42.4. The first-order valence-electron chi connectivity index (χ1n) is 21.8. The summed E-state index contributed by atoms with van der Waals surface area (Å²) < 4.78 is 5.66. The van der Waals surface area contributed by atoms with Crippen molar-refractivity contribution in [3.63, 3.8) is 0 Å². The number of hydrogen-bond donors (Lipinski definition) is 2. The SMILES string of the molecule is CCCCCCCCCCCC(=O)OC\C(=C/C=C/C(C)=C/C=C/C=C(C)/C=C/C=C(C)/C=C/C1C(C)=CC(O)CC1(C)C)C(=O)CC1=C(C)CC(O)CC1(C)C. The van der Waals surface area contributed by atoms with Crippen LogP contribution in [0.15, 0.2) is 118 Å². The first-order chi connectivity index (χ1) is 26.9. The minimum atomic E-state index is -0.391. The molecule has 5 nitrogen and oxygen atoms in total. The molecule has 3 unspecified atom stereocenters. The molecule has 2 aliphatic rings. The van der Waals surface area contributed by atoms with Crippen LogP contribution in [0, 0.1) is 16.7 Å². The molecule has 0 aromatic carbocycles. The molecule has 57 heavy (non-hydrogen) atoms. The number of esters is 1. The smallest absolute Gasteiger partial charge is 0.306 e. The summed E-state index contributed by atoms with van der Waals surface area (Å²) in [5.74, 6) is 0.00775. The highest BCUT2D eigenvalue weighted by Gasteiger charge is 2.35. The Bertz CT molecular complexity index is 1610. The van der Waals surface area contributed by atoms with Gasteiger partial charge in [-0.25, -0.2) is 0 Å². The Labute approximate surface area is 347 Å². The van der Waals surface area contributed by atoms with E-state index in [9.17, 15) is 19.8 Å². The molecule has 0 saturated carbocycles. The molecule has 2 rings (SSSR count). The number of ketones is 1. The van der Waals surface area contributed by atoms with Crippen molar-refractivity contribution in [3.05, 3.63) is 118 Å². The second-order valence-corrected chi connectivity index (χ2v) is 18.1. The van der Waals surface area contributed by atoms with Crippen molar-refractivity contribution in [1.82, 2.24) is 0 Å². The topological polar surface area (TPSA) is 83.8 Å². The van der Waals surface area contributed by atoms with Crippen LogP contribution < -0.4 is 0 Å². The van der Waals surface area contributed by atoms with Crippen LogP contribution in [0.25, 0.3) is 0 Å². The van der Waals surface area contributed by atoms with Crippen molar-refractivity contribution >= 4 is 11.8 Å². The van der Waals surface area contributed by atoms with Crippen LogP contribution in [-0.2, 0) is 14.3 Å². The Hall–Kier alpha value is -3.54. The number of allylic oxidation sites excluding steroid dienone is 17. The molecule has 316 valence electrons. The lowest BCUT2D eigenvalue weighted by Crippen LogP contribution is -2.32. The number of carbonyl (C=O) groups excluding carboxylic acids is 2. The maximum Gasteiger partial charge on any atom is 0.306 e. The van der Waals surface area contributed by atoms with E-state index in [0.717, 1.165) is 48.0 Å². The summed E-state index contributed by atoms with van der Waals surface area (Å²) in [7, 11) is 0. The third-order valence-electron chi connectivity index (χ3n) is 11.5. The number of unbranched alkanes of at least 4 members (excludes halogenated alkanes) is 8. The van der Waals surface area contributed by atoms with Crippen LogP contribution in [-0.4, -0.2) is 40.8 Å². The van der Waals surface area contributed by atoms with Gasteiger partial charge in [0, 0.05) is 24.3 Å². The molecule has 0 amide bonds. The van der Waals surface area contributed by atoms with Crippen molar-refractivity contribution in [1.29, 1.82) is 0 Å². The largest absolute Gasteiger partial charge is 0.461 e. The summed E-state index contributed by atoms with van der Waals surface area (Å²) in [4.78, 5) is 26.4. The van der Waals surface area contributed by atoms with Crippen LogP contribution in [0.1, 0.15) is 159 Å². The summed E-state index contributed by atoms with van der Waals surface area (Å²) in [6.07, 6.45) is 38.9. The Morgan fingerprint density at radius 2 is 1.30 bits per heavy atom. The van der Waals surface area contributed by atoms with E-state index in [0.29, 0.717) is 30.8 Å².